The van der Waals surface area contributed by atoms with Crippen LogP contribution in [0.15, 0.2) is 36.5 Å². The molecule has 0 aliphatic heterocycles. The fourth-order valence-corrected chi connectivity index (χ4v) is 2.01. The number of benzene rings is 1. The number of nitrogens with one attached hydrogen (secondary N) is 1. The molecule has 0 atom stereocenters. The third-order valence-corrected chi connectivity index (χ3v) is 3.01. The van der Waals surface area contributed by atoms with Gasteiger partial charge in [-0.25, -0.2) is 4.98 Å². The first-order valence-electron chi connectivity index (χ1n) is 5.57. The molecule has 18 heavy (non-hydrogen) atoms. The monoisotopic (exact) mass is 258 g/mol. The number of H-pyrrole nitrogens is 1. The molecule has 0 spiro atoms. The van der Waals surface area contributed by atoms with Crippen molar-refractivity contribution in [2.45, 2.75) is 6.54 Å². The Hall–Kier alpha value is -1.91. The Balaban J connectivity index is 2.16. The SMILES string of the molecule is NCc1cccc2[nH]c(-c3ccc(Cl)cn3)nc12. The average molecular weight is 259 g/mol. The maximum atomic E-state index is 5.82. The molecule has 4 nitrogen and oxygen atoms in total. The van der Waals surface area contributed by atoms with Gasteiger partial charge in [0.2, 0.25) is 0 Å². The molecule has 3 N–H and O–H groups in total. The number of para-hydroxylation sites is 1. The van der Waals surface area contributed by atoms with E-state index in [4.69, 9.17) is 17.3 Å². The smallest absolute Gasteiger partial charge is 0.157 e. The molecule has 3 aromatic rings. The van der Waals surface area contributed by atoms with Gasteiger partial charge in [0.15, 0.2) is 5.82 Å². The number of aromatic nitrogens is 3. The van der Waals surface area contributed by atoms with Crippen LogP contribution >= 0.6 is 11.6 Å². The van der Waals surface area contributed by atoms with Gasteiger partial charge in [0.05, 0.1) is 16.1 Å². The molecule has 0 aliphatic rings. The van der Waals surface area contributed by atoms with Gasteiger partial charge in [-0.3, -0.25) is 4.98 Å². The van der Waals surface area contributed by atoms with Crippen LogP contribution in [-0.2, 0) is 6.54 Å². The third-order valence-electron chi connectivity index (χ3n) is 2.79. The van der Waals surface area contributed by atoms with Crippen molar-refractivity contribution < 1.29 is 0 Å². The van der Waals surface area contributed by atoms with Gasteiger partial charge < -0.3 is 10.7 Å². The van der Waals surface area contributed by atoms with Gasteiger partial charge >= 0.3 is 0 Å². The zero-order valence-corrected chi connectivity index (χ0v) is 10.3. The Labute approximate surface area is 109 Å². The highest BCUT2D eigenvalue weighted by Crippen LogP contribution is 2.22. The molecule has 0 bridgehead atoms. The van der Waals surface area contributed by atoms with Gasteiger partial charge in [-0.05, 0) is 23.8 Å². The van der Waals surface area contributed by atoms with Crippen molar-refractivity contribution in [2.24, 2.45) is 5.73 Å². The van der Waals surface area contributed by atoms with Crippen molar-refractivity contribution >= 4 is 22.6 Å². The van der Waals surface area contributed by atoms with E-state index in [0.29, 0.717) is 11.6 Å². The molecule has 0 saturated carbocycles. The van der Waals surface area contributed by atoms with Gasteiger partial charge in [-0.1, -0.05) is 23.7 Å². The summed E-state index contributed by atoms with van der Waals surface area (Å²) in [7, 11) is 0. The van der Waals surface area contributed by atoms with Crippen LogP contribution < -0.4 is 5.73 Å². The molecule has 0 radical (unpaired) electrons. The average Bonchev–Trinajstić information content (AvgIpc) is 2.83. The van der Waals surface area contributed by atoms with Gasteiger partial charge in [0, 0.05) is 12.7 Å². The summed E-state index contributed by atoms with van der Waals surface area (Å²) in [6.45, 7) is 0.468. The topological polar surface area (TPSA) is 67.6 Å². The quantitative estimate of drug-likeness (QED) is 0.743. The lowest BCUT2D eigenvalue weighted by Crippen LogP contribution is -1.96. The fraction of sp³-hybridized carbons (Fsp3) is 0.0769. The first-order chi connectivity index (χ1) is 8.78. The van der Waals surface area contributed by atoms with Crippen LogP contribution in [0.1, 0.15) is 5.56 Å². The van der Waals surface area contributed by atoms with E-state index in [0.717, 1.165) is 28.1 Å². The molecular weight excluding hydrogens is 248 g/mol. The van der Waals surface area contributed by atoms with E-state index in [1.807, 2.05) is 24.3 Å². The van der Waals surface area contributed by atoms with Crippen LogP contribution in [0.2, 0.25) is 5.02 Å². The normalized spacial score (nSPS) is 11.0. The van der Waals surface area contributed by atoms with E-state index in [1.54, 1.807) is 12.3 Å². The Morgan fingerprint density at radius 2 is 2.11 bits per heavy atom. The molecule has 2 heterocycles. The van der Waals surface area contributed by atoms with E-state index < -0.39 is 0 Å². The molecule has 0 fully saturated rings. The number of halogens is 1. The Kier molecular flexibility index (Phi) is 2.74. The number of pyridine rings is 1. The number of hydrogen-bond acceptors (Lipinski definition) is 3. The summed E-state index contributed by atoms with van der Waals surface area (Å²) < 4.78 is 0. The van der Waals surface area contributed by atoms with Gasteiger partial charge in [0.25, 0.3) is 0 Å². The summed E-state index contributed by atoms with van der Waals surface area (Å²) in [6.07, 6.45) is 1.61. The van der Waals surface area contributed by atoms with Crippen LogP contribution in [-0.4, -0.2) is 15.0 Å². The van der Waals surface area contributed by atoms with E-state index in [-0.39, 0.29) is 0 Å². The van der Waals surface area contributed by atoms with Gasteiger partial charge in [0.1, 0.15) is 5.69 Å². The van der Waals surface area contributed by atoms with Crippen LogP contribution in [0.5, 0.6) is 0 Å². The van der Waals surface area contributed by atoms with Crippen LogP contribution in [0.25, 0.3) is 22.6 Å². The molecular formula is C13H11ClN4. The molecule has 3 rings (SSSR count). The molecule has 2 aromatic heterocycles. The van der Waals surface area contributed by atoms with E-state index in [9.17, 15) is 0 Å². The number of hydrogen-bond donors (Lipinski definition) is 2. The van der Waals surface area contributed by atoms with Crippen molar-refractivity contribution in [3.05, 3.63) is 47.1 Å². The van der Waals surface area contributed by atoms with Crippen molar-refractivity contribution in [1.29, 1.82) is 0 Å². The lowest BCUT2D eigenvalue weighted by Gasteiger charge is -1.95. The maximum absolute atomic E-state index is 5.82. The van der Waals surface area contributed by atoms with Crippen molar-refractivity contribution in [3.63, 3.8) is 0 Å². The van der Waals surface area contributed by atoms with Crippen LogP contribution in [0, 0.1) is 0 Å². The summed E-state index contributed by atoms with van der Waals surface area (Å²) in [5.41, 5.74) is 9.33. The Morgan fingerprint density at radius 1 is 1.22 bits per heavy atom. The second-order valence-electron chi connectivity index (χ2n) is 3.96. The zero-order chi connectivity index (χ0) is 12.5. The number of nitrogens with two attached hydrogens (primary N) is 1. The highest BCUT2D eigenvalue weighted by atomic mass is 35.5. The molecule has 1 aromatic carbocycles. The molecule has 90 valence electrons. The van der Waals surface area contributed by atoms with E-state index in [2.05, 4.69) is 15.0 Å². The highest BCUT2D eigenvalue weighted by Gasteiger charge is 2.08. The van der Waals surface area contributed by atoms with Crippen LogP contribution in [0.3, 0.4) is 0 Å². The molecule has 0 unspecified atom stereocenters. The van der Waals surface area contributed by atoms with E-state index >= 15 is 0 Å². The van der Waals surface area contributed by atoms with Gasteiger partial charge in [-0.2, -0.15) is 0 Å². The van der Waals surface area contributed by atoms with Crippen molar-refractivity contribution in [1.82, 2.24) is 15.0 Å². The number of nitrogens with zero attached hydrogens (tertiary/aromatic N) is 2. The second-order valence-corrected chi connectivity index (χ2v) is 4.40. The van der Waals surface area contributed by atoms with Crippen LogP contribution in [0.4, 0.5) is 0 Å². The summed E-state index contributed by atoms with van der Waals surface area (Å²) in [5, 5.41) is 0.609. The summed E-state index contributed by atoms with van der Waals surface area (Å²) >= 11 is 5.82. The molecule has 5 heteroatoms. The first-order valence-corrected chi connectivity index (χ1v) is 5.95. The minimum atomic E-state index is 0.468. The minimum absolute atomic E-state index is 0.468. The zero-order valence-electron chi connectivity index (χ0n) is 9.52. The van der Waals surface area contributed by atoms with Gasteiger partial charge in [-0.15, -0.1) is 0 Å². The van der Waals surface area contributed by atoms with Crippen molar-refractivity contribution in [2.75, 3.05) is 0 Å². The third kappa shape index (κ3) is 1.85. The predicted molar refractivity (Wildman–Crippen MR) is 72.2 cm³/mol. The molecule has 0 aliphatic carbocycles. The van der Waals surface area contributed by atoms with Crippen molar-refractivity contribution in [3.8, 4) is 11.5 Å². The maximum Gasteiger partial charge on any atom is 0.157 e. The molecule has 0 saturated heterocycles. The Bertz CT molecular complexity index is 688. The highest BCUT2D eigenvalue weighted by molar-refractivity contribution is 6.30. The summed E-state index contributed by atoms with van der Waals surface area (Å²) in [4.78, 5) is 12.0. The minimum Gasteiger partial charge on any atom is -0.337 e. The van der Waals surface area contributed by atoms with E-state index in [1.165, 1.54) is 0 Å². The number of rotatable bonds is 2. The Morgan fingerprint density at radius 3 is 2.83 bits per heavy atom. The second kappa shape index (κ2) is 4.40. The lowest BCUT2D eigenvalue weighted by atomic mass is 10.2. The lowest BCUT2D eigenvalue weighted by molar-refractivity contribution is 1.08. The number of fused-ring (bicyclic) bond motifs is 1. The largest absolute Gasteiger partial charge is 0.337 e. The molecule has 0 amide bonds. The summed E-state index contributed by atoms with van der Waals surface area (Å²) in [5.74, 6) is 0.725. The predicted octanol–water partition coefficient (Wildman–Crippen LogP) is 2.74. The summed E-state index contributed by atoms with van der Waals surface area (Å²) in [6, 6.07) is 9.54. The number of aromatic amines is 1. The number of imidazole rings is 1. The fourth-order valence-electron chi connectivity index (χ4n) is 1.89. The first kappa shape index (κ1) is 11.2. The standard InChI is InChI=1S/C13H11ClN4/c14-9-4-5-11(16-7-9)13-17-10-3-1-2-8(6-15)12(10)18-13/h1-5,7H,6,15H2,(H,17,18).